The fourth-order valence-corrected chi connectivity index (χ4v) is 3.88. The second kappa shape index (κ2) is 7.23. The zero-order valence-electron chi connectivity index (χ0n) is 15.3. The van der Waals surface area contributed by atoms with E-state index in [9.17, 15) is 9.59 Å². The maximum atomic E-state index is 11.7. The molecule has 1 N–H and O–H groups in total. The van der Waals surface area contributed by atoms with E-state index in [1.54, 1.807) is 6.92 Å². The van der Waals surface area contributed by atoms with E-state index in [0.717, 1.165) is 48.1 Å². The number of carbonyl (C=O) groups is 2. The summed E-state index contributed by atoms with van der Waals surface area (Å²) < 4.78 is 2.09. The van der Waals surface area contributed by atoms with Crippen molar-refractivity contribution >= 4 is 28.9 Å². The quantitative estimate of drug-likeness (QED) is 0.723. The summed E-state index contributed by atoms with van der Waals surface area (Å²) in [6, 6.07) is 16.3. The average molecular weight is 362 g/mol. The molecule has 1 saturated heterocycles. The molecular weight excluding hydrogens is 340 g/mol. The second-order valence-corrected chi connectivity index (χ2v) is 6.86. The van der Waals surface area contributed by atoms with Gasteiger partial charge < -0.3 is 10.2 Å². The topological polar surface area (TPSA) is 67.2 Å². The van der Waals surface area contributed by atoms with Crippen LogP contribution in [0.3, 0.4) is 0 Å². The van der Waals surface area contributed by atoms with Gasteiger partial charge in [-0.15, -0.1) is 0 Å². The van der Waals surface area contributed by atoms with Gasteiger partial charge in [0, 0.05) is 31.0 Å². The van der Waals surface area contributed by atoms with Gasteiger partial charge in [-0.1, -0.05) is 42.5 Å². The zero-order chi connectivity index (χ0) is 18.8. The van der Waals surface area contributed by atoms with Crippen molar-refractivity contribution in [3.8, 4) is 11.3 Å². The lowest BCUT2D eigenvalue weighted by Crippen LogP contribution is -2.38. The number of likely N-dealkylation sites (tertiary alicyclic amines) is 1. The lowest BCUT2D eigenvalue weighted by molar-refractivity contribution is -0.130. The molecule has 2 heterocycles. The third kappa shape index (κ3) is 3.18. The highest BCUT2D eigenvalue weighted by atomic mass is 16.2. The number of hydrogen-bond acceptors (Lipinski definition) is 3. The summed E-state index contributed by atoms with van der Waals surface area (Å²) in [5.41, 5.74) is 3.65. The Labute approximate surface area is 157 Å². The number of anilines is 1. The molecule has 6 nitrogen and oxygen atoms in total. The molecule has 6 heteroatoms. The number of carbonyl (C=O) groups excluding carboxylic acids is 2. The Hall–Kier alpha value is -3.15. The Kier molecular flexibility index (Phi) is 4.62. The fraction of sp³-hybridized carbons (Fsp3) is 0.286. The van der Waals surface area contributed by atoms with Crippen LogP contribution < -0.4 is 5.32 Å². The van der Waals surface area contributed by atoms with Crippen molar-refractivity contribution in [1.82, 2.24) is 14.7 Å². The highest BCUT2D eigenvalue weighted by Crippen LogP contribution is 2.36. The smallest absolute Gasteiger partial charge is 0.219 e. The molecule has 0 atom stereocenters. The molecule has 4 rings (SSSR count). The van der Waals surface area contributed by atoms with Crippen molar-refractivity contribution in [2.75, 3.05) is 18.4 Å². The molecule has 1 aliphatic heterocycles. The van der Waals surface area contributed by atoms with Gasteiger partial charge in [-0.25, -0.2) is 0 Å². The number of nitrogens with zero attached hydrogens (tertiary/aromatic N) is 3. The van der Waals surface area contributed by atoms with E-state index < -0.39 is 0 Å². The molecule has 27 heavy (non-hydrogen) atoms. The molecule has 3 aromatic rings. The van der Waals surface area contributed by atoms with Gasteiger partial charge in [-0.3, -0.25) is 14.3 Å². The van der Waals surface area contributed by atoms with Crippen molar-refractivity contribution in [2.24, 2.45) is 0 Å². The van der Waals surface area contributed by atoms with E-state index in [0.29, 0.717) is 12.1 Å². The monoisotopic (exact) mass is 362 g/mol. The number of hydrogen-bond donors (Lipinski definition) is 1. The highest BCUT2D eigenvalue weighted by Gasteiger charge is 2.26. The van der Waals surface area contributed by atoms with Gasteiger partial charge in [0.25, 0.3) is 0 Å². The number of aromatic nitrogens is 2. The third-order valence-corrected chi connectivity index (χ3v) is 5.25. The minimum Gasteiger partial charge on any atom is -0.343 e. The largest absolute Gasteiger partial charge is 0.343 e. The summed E-state index contributed by atoms with van der Waals surface area (Å²) in [5.74, 6) is 0.125. The Morgan fingerprint density at radius 1 is 1.11 bits per heavy atom. The molecule has 0 unspecified atom stereocenters. The van der Waals surface area contributed by atoms with Crippen LogP contribution in [0.25, 0.3) is 22.2 Å². The molecule has 0 radical (unpaired) electrons. The average Bonchev–Trinajstić information content (AvgIpc) is 3.09. The normalized spacial score (nSPS) is 15.1. The molecule has 0 aliphatic carbocycles. The van der Waals surface area contributed by atoms with Crippen molar-refractivity contribution in [1.29, 1.82) is 0 Å². The standard InChI is InChI=1S/C21H22N4O2/c1-15(27)24-12-10-17(11-13-24)25-21(16-6-3-2-4-7-16)18-8-5-9-19(22-14-26)20(18)23-25/h2-9,14,17H,10-13H2,1H3,(H,22,26). The van der Waals surface area contributed by atoms with Gasteiger partial charge in [0.2, 0.25) is 12.3 Å². The van der Waals surface area contributed by atoms with Gasteiger partial charge in [0.05, 0.1) is 17.4 Å². The SMILES string of the molecule is CC(=O)N1CCC(n2nc3c(NC=O)cccc3c2-c2ccccc2)CC1. The Bertz CT molecular complexity index is 973. The first-order valence-corrected chi connectivity index (χ1v) is 9.21. The molecule has 0 bridgehead atoms. The number of amides is 2. The van der Waals surface area contributed by atoms with E-state index in [2.05, 4.69) is 22.1 Å². The molecule has 2 aromatic carbocycles. The van der Waals surface area contributed by atoms with Gasteiger partial charge in [0.15, 0.2) is 0 Å². The minimum absolute atomic E-state index is 0.125. The van der Waals surface area contributed by atoms with Crippen molar-refractivity contribution in [2.45, 2.75) is 25.8 Å². The summed E-state index contributed by atoms with van der Waals surface area (Å²) in [6.07, 6.45) is 2.41. The van der Waals surface area contributed by atoms with Crippen LogP contribution in [0.2, 0.25) is 0 Å². The predicted octanol–water partition coefficient (Wildman–Crippen LogP) is 3.46. The first kappa shape index (κ1) is 17.3. The summed E-state index contributed by atoms with van der Waals surface area (Å²) >= 11 is 0. The maximum Gasteiger partial charge on any atom is 0.219 e. The number of fused-ring (bicyclic) bond motifs is 1. The van der Waals surface area contributed by atoms with E-state index in [1.165, 1.54) is 0 Å². The molecule has 0 saturated carbocycles. The molecule has 0 spiro atoms. The number of rotatable bonds is 4. The first-order valence-electron chi connectivity index (χ1n) is 9.21. The van der Waals surface area contributed by atoms with Crippen LogP contribution >= 0.6 is 0 Å². The van der Waals surface area contributed by atoms with Gasteiger partial charge >= 0.3 is 0 Å². The highest BCUT2D eigenvalue weighted by molar-refractivity contribution is 6.01. The first-order chi connectivity index (χ1) is 13.2. The van der Waals surface area contributed by atoms with Gasteiger partial charge in [-0.05, 0) is 18.9 Å². The summed E-state index contributed by atoms with van der Waals surface area (Å²) in [6.45, 7) is 3.10. The Morgan fingerprint density at radius 2 is 1.85 bits per heavy atom. The molecule has 1 aromatic heterocycles. The molecule has 2 amide bonds. The minimum atomic E-state index is 0.125. The molecule has 1 aliphatic rings. The Balaban J connectivity index is 1.83. The van der Waals surface area contributed by atoms with Gasteiger partial charge in [0.1, 0.15) is 5.52 Å². The zero-order valence-corrected chi connectivity index (χ0v) is 15.3. The summed E-state index contributed by atoms with van der Waals surface area (Å²) in [5, 5.41) is 8.67. The molecule has 1 fully saturated rings. The summed E-state index contributed by atoms with van der Waals surface area (Å²) in [4.78, 5) is 24.5. The fourth-order valence-electron chi connectivity index (χ4n) is 3.88. The number of benzene rings is 2. The third-order valence-electron chi connectivity index (χ3n) is 5.25. The summed E-state index contributed by atoms with van der Waals surface area (Å²) in [7, 11) is 0. The van der Waals surface area contributed by atoms with E-state index >= 15 is 0 Å². The van der Waals surface area contributed by atoms with Crippen molar-refractivity contribution in [3.63, 3.8) is 0 Å². The van der Waals surface area contributed by atoms with Crippen LogP contribution in [0.5, 0.6) is 0 Å². The second-order valence-electron chi connectivity index (χ2n) is 6.86. The van der Waals surface area contributed by atoms with Crippen LogP contribution in [0.15, 0.2) is 48.5 Å². The maximum absolute atomic E-state index is 11.7. The van der Waals surface area contributed by atoms with Crippen LogP contribution in [0, 0.1) is 0 Å². The number of nitrogens with one attached hydrogen (secondary N) is 1. The molecular formula is C21H22N4O2. The van der Waals surface area contributed by atoms with E-state index in [4.69, 9.17) is 5.10 Å². The van der Waals surface area contributed by atoms with Gasteiger partial charge in [-0.2, -0.15) is 5.10 Å². The van der Waals surface area contributed by atoms with Crippen molar-refractivity contribution < 1.29 is 9.59 Å². The molecule has 138 valence electrons. The van der Waals surface area contributed by atoms with Crippen LogP contribution in [0.1, 0.15) is 25.8 Å². The van der Waals surface area contributed by atoms with Crippen LogP contribution in [-0.4, -0.2) is 40.1 Å². The lowest BCUT2D eigenvalue weighted by atomic mass is 10.0. The lowest BCUT2D eigenvalue weighted by Gasteiger charge is -2.32. The predicted molar refractivity (Wildman–Crippen MR) is 105 cm³/mol. The van der Waals surface area contributed by atoms with E-state index in [-0.39, 0.29) is 11.9 Å². The van der Waals surface area contributed by atoms with Crippen molar-refractivity contribution in [3.05, 3.63) is 48.5 Å². The number of piperidine rings is 1. The van der Waals surface area contributed by atoms with E-state index in [1.807, 2.05) is 41.3 Å². The van der Waals surface area contributed by atoms with Crippen LogP contribution in [-0.2, 0) is 9.59 Å². The van der Waals surface area contributed by atoms with Crippen LogP contribution in [0.4, 0.5) is 5.69 Å². The Morgan fingerprint density at radius 3 is 2.52 bits per heavy atom.